The van der Waals surface area contributed by atoms with E-state index in [4.69, 9.17) is 9.29 Å². The average molecular weight is 935 g/mol. The summed E-state index contributed by atoms with van der Waals surface area (Å²) in [4.78, 5) is 35.1. The van der Waals surface area contributed by atoms with Crippen molar-refractivity contribution < 1.29 is 45.7 Å². The molecule has 0 aromatic heterocycles. The molecule has 2 aromatic rings. The number of nitro benzene ring substituents is 1. The van der Waals surface area contributed by atoms with Gasteiger partial charge in [-0.25, -0.2) is 9.59 Å². The van der Waals surface area contributed by atoms with E-state index in [1.165, 1.54) is 0 Å². The van der Waals surface area contributed by atoms with Gasteiger partial charge in [0.05, 0.1) is 10.5 Å². The number of carbonyl (C=O) groups is 2. The van der Waals surface area contributed by atoms with Crippen molar-refractivity contribution in [3.05, 3.63) is 59.8 Å². The number of benzene rings is 2. The molecule has 1 N–H and O–H groups in total. The van der Waals surface area contributed by atoms with Gasteiger partial charge in [-0.1, -0.05) is 0 Å². The van der Waals surface area contributed by atoms with Gasteiger partial charge in [0.15, 0.2) is 6.61 Å². The third kappa shape index (κ3) is 6.78. The minimum absolute atomic E-state index is 0.211. The maximum atomic E-state index is 13.3. The van der Waals surface area contributed by atoms with Crippen LogP contribution in [-0.2, 0) is 14.9 Å². The van der Waals surface area contributed by atoms with Crippen LogP contribution >= 0.6 is 90.4 Å². The average Bonchev–Trinajstić information content (AvgIpc) is 2.69. The number of hydrogen-bond acceptors (Lipinski definition) is 8. The highest BCUT2D eigenvalue weighted by atomic mass is 127. The first-order valence-electron chi connectivity index (χ1n) is 7.92. The Bertz CT molecular complexity index is 1240. The summed E-state index contributed by atoms with van der Waals surface area (Å²) in [7, 11) is -5.89. The normalized spacial score (nSPS) is 11.7. The lowest BCUT2D eigenvalue weighted by Crippen LogP contribution is -2.34. The van der Waals surface area contributed by atoms with Gasteiger partial charge in [-0.3, -0.25) is 14.7 Å². The number of halogens is 6. The molecule has 0 saturated carbocycles. The maximum absolute atomic E-state index is 13.3. The van der Waals surface area contributed by atoms with E-state index in [0.29, 0.717) is 7.14 Å². The molecule has 0 spiro atoms. The van der Waals surface area contributed by atoms with Crippen LogP contribution in [0.15, 0.2) is 24.3 Å². The van der Waals surface area contributed by atoms with Crippen molar-refractivity contribution in [2.45, 2.75) is 5.25 Å². The molecular formula is C16H7F2I4NO9S. The number of nitrogens with zero attached hydrogens (tertiary/aromatic N) is 1. The van der Waals surface area contributed by atoms with E-state index in [1.807, 2.05) is 96.4 Å². The van der Waals surface area contributed by atoms with Gasteiger partial charge in [-0.2, -0.15) is 17.2 Å². The molecule has 0 heterocycles. The van der Waals surface area contributed by atoms with Crippen LogP contribution in [0.1, 0.15) is 20.7 Å². The van der Waals surface area contributed by atoms with Gasteiger partial charge in [-0.05, 0) is 102 Å². The molecule has 0 unspecified atom stereocenters. The molecule has 2 aromatic carbocycles. The second kappa shape index (κ2) is 11.0. The second-order valence-electron chi connectivity index (χ2n) is 5.86. The number of esters is 2. The minimum atomic E-state index is -5.89. The molecule has 0 aliphatic heterocycles. The summed E-state index contributed by atoms with van der Waals surface area (Å²) in [6.07, 6.45) is 0. The molecule has 33 heavy (non-hydrogen) atoms. The van der Waals surface area contributed by atoms with E-state index in [9.17, 15) is 36.9 Å². The van der Waals surface area contributed by atoms with Gasteiger partial charge in [0.25, 0.3) is 5.69 Å². The van der Waals surface area contributed by atoms with Crippen LogP contribution in [0, 0.1) is 24.4 Å². The molecule has 0 fully saturated rings. The zero-order valence-corrected chi connectivity index (χ0v) is 24.8. The number of carbonyl (C=O) groups excluding carboxylic acids is 2. The lowest BCUT2D eigenvalue weighted by molar-refractivity contribution is -0.385. The Hall–Kier alpha value is -0.530. The molecule has 0 amide bonds. The second-order valence-corrected chi connectivity index (χ2v) is 11.9. The smallest absolute Gasteiger partial charge is 0.402 e. The fourth-order valence-corrected chi connectivity index (χ4v) is 5.89. The lowest BCUT2D eigenvalue weighted by Gasteiger charge is -2.14. The van der Waals surface area contributed by atoms with Crippen molar-refractivity contribution in [3.8, 4) is 5.75 Å². The Labute approximate surface area is 238 Å². The van der Waals surface area contributed by atoms with Gasteiger partial charge in [0.1, 0.15) is 11.3 Å². The van der Waals surface area contributed by atoms with E-state index in [0.717, 1.165) is 25.3 Å². The van der Waals surface area contributed by atoms with Crippen LogP contribution in [0.25, 0.3) is 0 Å². The molecule has 0 aliphatic carbocycles. The van der Waals surface area contributed by atoms with E-state index in [1.54, 1.807) is 0 Å². The van der Waals surface area contributed by atoms with Crippen LogP contribution in [0.5, 0.6) is 5.75 Å². The highest BCUT2D eigenvalue weighted by molar-refractivity contribution is 14.1. The Balaban J connectivity index is 2.39. The Kier molecular flexibility index (Phi) is 9.59. The van der Waals surface area contributed by atoms with E-state index >= 15 is 0 Å². The molecule has 2 rings (SSSR count). The van der Waals surface area contributed by atoms with Gasteiger partial charge >= 0.3 is 27.3 Å². The van der Waals surface area contributed by atoms with E-state index < -0.39 is 50.1 Å². The molecule has 10 nitrogen and oxygen atoms in total. The molecule has 178 valence electrons. The molecule has 0 saturated heterocycles. The van der Waals surface area contributed by atoms with Crippen molar-refractivity contribution in [1.82, 2.24) is 0 Å². The summed E-state index contributed by atoms with van der Waals surface area (Å²) >= 11 is 7.92. The standard InChI is InChI=1S/C16H7F2I4NO9S/c17-16(18,33(28,29)30)5-31-14(24)7-3-6(1-2-10(7)23(26)27)32-15(25)11-12(21)8(19)4-9(20)13(11)22/h1-4H,5H2,(H,28,29,30). The third-order valence-corrected chi connectivity index (χ3v) is 10.5. The number of hydrogen-bond donors (Lipinski definition) is 1. The van der Waals surface area contributed by atoms with Crippen molar-refractivity contribution in [3.63, 3.8) is 0 Å². The van der Waals surface area contributed by atoms with Gasteiger partial charge in [0, 0.05) is 26.4 Å². The first-order valence-corrected chi connectivity index (χ1v) is 13.7. The van der Waals surface area contributed by atoms with Gasteiger partial charge < -0.3 is 9.47 Å². The topological polar surface area (TPSA) is 150 Å². The number of rotatable bonds is 7. The first kappa shape index (κ1) is 28.7. The number of ether oxygens (including phenoxy) is 2. The van der Waals surface area contributed by atoms with Crippen molar-refractivity contribution >= 4 is 118 Å². The molecule has 0 atom stereocenters. The molecular weight excluding hydrogens is 928 g/mol. The summed E-state index contributed by atoms with van der Waals surface area (Å²) in [5.74, 6) is -2.87. The fraction of sp³-hybridized carbons (Fsp3) is 0.125. The van der Waals surface area contributed by atoms with E-state index in [-0.39, 0.29) is 11.3 Å². The summed E-state index contributed by atoms with van der Waals surface area (Å²) in [6, 6.07) is 4.36. The van der Waals surface area contributed by atoms with Crippen molar-refractivity contribution in [2.24, 2.45) is 0 Å². The van der Waals surface area contributed by atoms with Crippen molar-refractivity contribution in [1.29, 1.82) is 0 Å². The molecule has 17 heteroatoms. The summed E-state index contributed by atoms with van der Waals surface area (Å²) in [5.41, 5.74) is -1.54. The highest BCUT2D eigenvalue weighted by Gasteiger charge is 2.46. The van der Waals surface area contributed by atoms with Crippen LogP contribution in [0.4, 0.5) is 14.5 Å². The van der Waals surface area contributed by atoms with Crippen LogP contribution in [-0.4, -0.2) is 41.7 Å². The zero-order chi connectivity index (χ0) is 25.3. The monoisotopic (exact) mass is 935 g/mol. The quantitative estimate of drug-likeness (QED) is 0.0781. The number of alkyl halides is 2. The lowest BCUT2D eigenvalue weighted by atomic mass is 10.1. The summed E-state index contributed by atoms with van der Waals surface area (Å²) in [6.45, 7) is -2.09. The van der Waals surface area contributed by atoms with Gasteiger partial charge in [0.2, 0.25) is 0 Å². The Morgan fingerprint density at radius 3 is 2.09 bits per heavy atom. The van der Waals surface area contributed by atoms with Crippen LogP contribution < -0.4 is 4.74 Å². The zero-order valence-electron chi connectivity index (χ0n) is 15.4. The molecule has 0 aliphatic rings. The molecule has 0 radical (unpaired) electrons. The first-order chi connectivity index (χ1) is 15.1. The Morgan fingerprint density at radius 1 is 1.06 bits per heavy atom. The summed E-state index contributed by atoms with van der Waals surface area (Å²) < 4.78 is 68.5. The number of nitro groups is 1. The third-order valence-electron chi connectivity index (χ3n) is 3.66. The Morgan fingerprint density at radius 2 is 1.61 bits per heavy atom. The van der Waals surface area contributed by atoms with Crippen LogP contribution in [0.2, 0.25) is 0 Å². The van der Waals surface area contributed by atoms with E-state index in [2.05, 4.69) is 4.74 Å². The van der Waals surface area contributed by atoms with Crippen LogP contribution in [0.3, 0.4) is 0 Å². The molecule has 0 bridgehead atoms. The maximum Gasteiger partial charge on any atom is 0.402 e. The summed E-state index contributed by atoms with van der Waals surface area (Å²) in [5, 5.41) is 6.37. The fourth-order valence-electron chi connectivity index (χ4n) is 2.11. The predicted molar refractivity (Wildman–Crippen MR) is 142 cm³/mol. The predicted octanol–water partition coefficient (Wildman–Crippen LogP) is 4.87. The SMILES string of the molecule is O=C(OCC(F)(F)S(=O)(=O)O)c1cc(OC(=O)c2c(I)c(I)cc(I)c2I)ccc1[N+](=O)[O-]. The largest absolute Gasteiger partial charge is 0.454 e. The van der Waals surface area contributed by atoms with Crippen molar-refractivity contribution in [2.75, 3.05) is 6.61 Å². The van der Waals surface area contributed by atoms with Gasteiger partial charge in [-0.15, -0.1) is 0 Å². The minimum Gasteiger partial charge on any atom is -0.454 e. The highest BCUT2D eigenvalue weighted by Crippen LogP contribution is 2.31.